The molecule has 0 aliphatic carbocycles. The fourth-order valence-electron chi connectivity index (χ4n) is 2.53. The smallest absolute Gasteiger partial charge is 0.846 e. The molecule has 0 bridgehead atoms. The van der Waals surface area contributed by atoms with E-state index < -0.39 is 23.3 Å². The maximum absolute atomic E-state index is 11.9. The molecule has 0 aromatic heterocycles. The zero-order valence-electron chi connectivity index (χ0n) is 15.0. The quantitative estimate of drug-likeness (QED) is 0.233. The maximum atomic E-state index is 11.9. The first-order valence-corrected chi connectivity index (χ1v) is 7.81. The van der Waals surface area contributed by atoms with E-state index in [0.717, 1.165) is 12.8 Å². The minimum absolute atomic E-state index is 0. The Bertz CT molecular complexity index is 415. The molecule has 2 unspecified atom stereocenters. The average molecular weight is 354 g/mol. The fourth-order valence-corrected chi connectivity index (χ4v) is 2.53. The number of nitrogens with one attached hydrogen (secondary N) is 1. The van der Waals surface area contributed by atoms with Crippen LogP contribution in [-0.2, 0) is 14.3 Å². The number of aliphatic imine (C=N–C) groups is 1. The van der Waals surface area contributed by atoms with Gasteiger partial charge in [0.25, 0.3) is 5.91 Å². The Kier molecular flexibility index (Phi) is 14.7. The molecule has 1 aliphatic heterocycles. The predicted molar refractivity (Wildman–Crippen MR) is 82.4 cm³/mol. The van der Waals surface area contributed by atoms with E-state index in [2.05, 4.69) is 15.0 Å². The van der Waals surface area contributed by atoms with Gasteiger partial charge in [0.2, 0.25) is 5.91 Å². The molecular weight excluding hydrogens is 327 g/mol. The summed E-state index contributed by atoms with van der Waals surface area (Å²) in [5.41, 5.74) is -1.15. The fraction of sp³-hybridized carbons (Fsp3) is 0.800. The molecule has 2 atom stereocenters. The molecule has 9 heteroatoms. The van der Waals surface area contributed by atoms with Crippen LogP contribution in [0.25, 0.3) is 0 Å². The molecule has 0 fully saturated rings. The van der Waals surface area contributed by atoms with E-state index in [-0.39, 0.29) is 48.7 Å². The van der Waals surface area contributed by atoms with Crippen LogP contribution in [0.15, 0.2) is 4.99 Å². The Morgan fingerprint density at radius 3 is 2.17 bits per heavy atom. The number of carbonyl (C=O) groups is 2. The van der Waals surface area contributed by atoms with Gasteiger partial charge < -0.3 is 25.4 Å². The molecule has 1 rings (SSSR count). The van der Waals surface area contributed by atoms with E-state index >= 15 is 0 Å². The summed E-state index contributed by atoms with van der Waals surface area (Å²) in [6, 6.07) is -0.845. The number of carbonyl (C=O) groups excluding carboxylic acids is 2. The van der Waals surface area contributed by atoms with E-state index in [4.69, 9.17) is 10.2 Å². The maximum Gasteiger partial charge on any atom is 1.00 e. The molecule has 2 amide bonds. The van der Waals surface area contributed by atoms with E-state index in [1.54, 1.807) is 6.92 Å². The third-order valence-electron chi connectivity index (χ3n) is 3.80. The van der Waals surface area contributed by atoms with E-state index in [1.807, 2.05) is 13.8 Å². The number of rotatable bonds is 8. The Labute approximate surface area is 165 Å². The van der Waals surface area contributed by atoms with Gasteiger partial charge in [0.1, 0.15) is 5.41 Å². The molecule has 0 saturated carbocycles. The minimum atomic E-state index is -1.15. The van der Waals surface area contributed by atoms with Gasteiger partial charge in [-0.15, -0.1) is 0 Å². The molecule has 0 spiro atoms. The molecule has 134 valence electrons. The normalized spacial score (nSPS) is 21.0. The van der Waals surface area contributed by atoms with Crippen LogP contribution in [0, 0.1) is 11.3 Å². The van der Waals surface area contributed by atoms with Crippen molar-refractivity contribution in [2.24, 2.45) is 16.3 Å². The summed E-state index contributed by atoms with van der Waals surface area (Å²) in [5.74, 6) is -1.20. The predicted octanol–water partition coefficient (Wildman–Crippen LogP) is -3.82. The Morgan fingerprint density at radius 2 is 1.79 bits per heavy atom. The number of nitrogens with zero attached hydrogens (tertiary/aromatic N) is 1. The molecule has 8 nitrogen and oxygen atoms in total. The summed E-state index contributed by atoms with van der Waals surface area (Å²) >= 11 is 0. The Morgan fingerprint density at radius 1 is 1.25 bits per heavy atom. The van der Waals surface area contributed by atoms with Crippen LogP contribution in [0.1, 0.15) is 40.0 Å². The van der Waals surface area contributed by atoms with Crippen molar-refractivity contribution in [2.45, 2.75) is 40.0 Å². The zero-order valence-corrected chi connectivity index (χ0v) is 17.0. The van der Waals surface area contributed by atoms with Crippen molar-refractivity contribution >= 4 is 17.8 Å². The van der Waals surface area contributed by atoms with Crippen molar-refractivity contribution in [3.63, 3.8) is 0 Å². The first-order valence-electron chi connectivity index (χ1n) is 7.81. The molecule has 1 aliphatic rings. The second-order valence-corrected chi connectivity index (χ2v) is 5.25. The van der Waals surface area contributed by atoms with Crippen LogP contribution in [0.4, 0.5) is 0 Å². The van der Waals surface area contributed by atoms with Crippen molar-refractivity contribution in [1.82, 2.24) is 5.32 Å². The topological polar surface area (TPSA) is 131 Å². The molecule has 24 heavy (non-hydrogen) atoms. The first-order chi connectivity index (χ1) is 10.9. The number of hydrogen-bond acceptors (Lipinski definition) is 6. The van der Waals surface area contributed by atoms with Crippen molar-refractivity contribution in [3.05, 3.63) is 0 Å². The minimum Gasteiger partial charge on any atom is -0.846 e. The van der Waals surface area contributed by atoms with Crippen molar-refractivity contribution in [3.8, 4) is 0 Å². The van der Waals surface area contributed by atoms with E-state index in [0.29, 0.717) is 19.6 Å². The number of amidine groups is 1. The first kappa shape index (κ1) is 25.7. The van der Waals surface area contributed by atoms with Gasteiger partial charge in [-0.2, -0.15) is 0 Å². The van der Waals surface area contributed by atoms with Gasteiger partial charge >= 0.3 is 29.6 Å². The Hall–Kier alpha value is -0.510. The van der Waals surface area contributed by atoms with Crippen LogP contribution >= 0.6 is 0 Å². The van der Waals surface area contributed by atoms with Gasteiger partial charge in [-0.3, -0.25) is 9.59 Å². The summed E-state index contributed by atoms with van der Waals surface area (Å²) in [7, 11) is 0. The van der Waals surface area contributed by atoms with Crippen molar-refractivity contribution in [2.75, 3.05) is 26.4 Å². The average Bonchev–Trinajstić information content (AvgIpc) is 2.49. The molecule has 0 saturated heterocycles. The van der Waals surface area contributed by atoms with Crippen LogP contribution in [0.2, 0.25) is 0 Å². The summed E-state index contributed by atoms with van der Waals surface area (Å²) in [6.45, 7) is 6.32. The summed E-state index contributed by atoms with van der Waals surface area (Å²) in [5, 5.41) is 29.2. The van der Waals surface area contributed by atoms with Gasteiger partial charge in [-0.1, -0.05) is 27.2 Å². The van der Waals surface area contributed by atoms with Gasteiger partial charge in [-0.25, -0.2) is 4.99 Å². The van der Waals surface area contributed by atoms with Gasteiger partial charge in [-0.05, 0) is 18.8 Å². The summed E-state index contributed by atoms with van der Waals surface area (Å²) in [6.07, 6.45) is 2.02. The number of hydrogen-bond donors (Lipinski definition) is 3. The SMILES string of the molecule is CCCC(C)C1(CC)C(=O)N=C([O-])NC1=O.OCCOCCO.[Na+]. The molecule has 0 aromatic carbocycles. The van der Waals surface area contributed by atoms with Crippen LogP contribution in [-0.4, -0.2) is 54.5 Å². The monoisotopic (exact) mass is 354 g/mol. The molecular formula is C15H27N2NaO6. The molecule has 0 radical (unpaired) electrons. The van der Waals surface area contributed by atoms with Gasteiger partial charge in [0.05, 0.1) is 32.4 Å². The summed E-state index contributed by atoms with van der Waals surface area (Å²) in [4.78, 5) is 27.1. The number of amides is 2. The van der Waals surface area contributed by atoms with Gasteiger partial charge in [0.15, 0.2) is 0 Å². The van der Waals surface area contributed by atoms with E-state index in [1.165, 1.54) is 0 Å². The van der Waals surface area contributed by atoms with Crippen molar-refractivity contribution < 1.29 is 59.2 Å². The third kappa shape index (κ3) is 7.16. The standard InChI is InChI=1S/C11H18N2O3.C4H10O3.Na/c1-4-6-7(3)11(5-2)8(14)12-10(16)13-9(11)15;5-1-3-7-4-2-6;/h7H,4-6H2,1-3H3,(H2,12,13,14,15,16);5-6H,1-4H2;/q;;+1/p-1. The van der Waals surface area contributed by atoms with Crippen LogP contribution < -0.4 is 40.0 Å². The number of ether oxygens (including phenoxy) is 1. The molecule has 3 N–H and O–H groups in total. The van der Waals surface area contributed by atoms with E-state index in [9.17, 15) is 14.7 Å². The largest absolute Gasteiger partial charge is 1.00 e. The second kappa shape index (κ2) is 13.7. The molecule has 0 aromatic rings. The Balaban J connectivity index is 0. The van der Waals surface area contributed by atoms with Crippen LogP contribution in [0.3, 0.4) is 0 Å². The zero-order chi connectivity index (χ0) is 17.9. The van der Waals surface area contributed by atoms with Crippen LogP contribution in [0.5, 0.6) is 0 Å². The summed E-state index contributed by atoms with van der Waals surface area (Å²) < 4.78 is 4.63. The second-order valence-electron chi connectivity index (χ2n) is 5.25. The third-order valence-corrected chi connectivity index (χ3v) is 3.80. The number of aliphatic hydroxyl groups excluding tert-OH is 2. The van der Waals surface area contributed by atoms with Crippen molar-refractivity contribution in [1.29, 1.82) is 0 Å². The molecule has 1 heterocycles. The number of aliphatic hydroxyl groups is 2. The van der Waals surface area contributed by atoms with Gasteiger partial charge in [0, 0.05) is 0 Å².